The number of anilines is 1. The summed E-state index contributed by atoms with van der Waals surface area (Å²) in [5.41, 5.74) is 0. The van der Waals surface area contributed by atoms with E-state index in [4.69, 9.17) is 9.47 Å². The Hall–Kier alpha value is -1.07. The molecule has 104 valence electrons. The molecule has 0 radical (unpaired) electrons. The van der Waals surface area contributed by atoms with Crippen molar-refractivity contribution in [3.05, 3.63) is 12.4 Å². The van der Waals surface area contributed by atoms with E-state index in [9.17, 15) is 0 Å². The van der Waals surface area contributed by atoms with Crippen molar-refractivity contribution >= 4 is 5.95 Å². The van der Waals surface area contributed by atoms with Crippen LogP contribution in [0.3, 0.4) is 0 Å². The number of ether oxygens (including phenoxy) is 2. The summed E-state index contributed by atoms with van der Waals surface area (Å²) in [5.74, 6) is 0.949. The van der Waals surface area contributed by atoms with Crippen molar-refractivity contribution in [1.82, 2.24) is 9.55 Å². The van der Waals surface area contributed by atoms with Gasteiger partial charge in [-0.25, -0.2) is 4.98 Å². The maximum atomic E-state index is 5.42. The van der Waals surface area contributed by atoms with E-state index in [1.165, 1.54) is 0 Å². The Labute approximate surface area is 109 Å². The molecule has 0 fully saturated rings. The molecule has 1 rings (SSSR count). The zero-order chi connectivity index (χ0) is 13.2. The number of hydrogen-bond acceptors (Lipinski definition) is 4. The lowest BCUT2D eigenvalue weighted by Crippen LogP contribution is -2.14. The van der Waals surface area contributed by atoms with Gasteiger partial charge in [-0.15, -0.1) is 0 Å². The van der Waals surface area contributed by atoms with Crippen molar-refractivity contribution < 1.29 is 9.47 Å². The Morgan fingerprint density at radius 2 is 2.11 bits per heavy atom. The SMILES string of the molecule is COCCOCCCCn1ccnc1NC(C)C. The standard InChI is InChI=1S/C13H25N3O2/c1-12(2)15-13-14-6-8-16(13)7-4-5-9-18-11-10-17-3/h6,8,12H,4-5,7,9-11H2,1-3H3,(H,14,15). The van der Waals surface area contributed by atoms with Crippen molar-refractivity contribution in [3.63, 3.8) is 0 Å². The summed E-state index contributed by atoms with van der Waals surface area (Å²) < 4.78 is 12.5. The molecule has 0 aromatic carbocycles. The molecular weight excluding hydrogens is 230 g/mol. The van der Waals surface area contributed by atoms with Crippen molar-refractivity contribution in [2.45, 2.75) is 39.3 Å². The largest absolute Gasteiger partial charge is 0.382 e. The Morgan fingerprint density at radius 3 is 2.83 bits per heavy atom. The lowest BCUT2D eigenvalue weighted by molar-refractivity contribution is 0.0684. The third kappa shape index (κ3) is 6.02. The number of rotatable bonds is 10. The molecule has 0 atom stereocenters. The van der Waals surface area contributed by atoms with E-state index in [0.29, 0.717) is 19.3 Å². The summed E-state index contributed by atoms with van der Waals surface area (Å²) in [6.07, 6.45) is 6.00. The molecule has 0 saturated heterocycles. The number of unbranched alkanes of at least 4 members (excludes halogenated alkanes) is 1. The molecule has 0 aliphatic heterocycles. The molecule has 0 unspecified atom stereocenters. The number of hydrogen-bond donors (Lipinski definition) is 1. The van der Waals surface area contributed by atoms with E-state index in [-0.39, 0.29) is 0 Å². The van der Waals surface area contributed by atoms with Gasteiger partial charge in [0, 0.05) is 38.7 Å². The van der Waals surface area contributed by atoms with Crippen LogP contribution >= 0.6 is 0 Å². The second-order valence-electron chi connectivity index (χ2n) is 4.56. The third-order valence-electron chi connectivity index (χ3n) is 2.50. The number of nitrogens with one attached hydrogen (secondary N) is 1. The van der Waals surface area contributed by atoms with Gasteiger partial charge in [-0.2, -0.15) is 0 Å². The molecule has 5 heteroatoms. The maximum absolute atomic E-state index is 5.42. The van der Waals surface area contributed by atoms with Crippen molar-refractivity contribution in [2.75, 3.05) is 32.2 Å². The molecule has 5 nitrogen and oxygen atoms in total. The smallest absolute Gasteiger partial charge is 0.202 e. The Kier molecular flexibility index (Phi) is 7.44. The van der Waals surface area contributed by atoms with Crippen molar-refractivity contribution in [3.8, 4) is 0 Å². The molecule has 0 aliphatic carbocycles. The predicted octanol–water partition coefficient (Wildman–Crippen LogP) is 2.15. The van der Waals surface area contributed by atoms with Gasteiger partial charge in [-0.1, -0.05) is 0 Å². The number of imidazole rings is 1. The van der Waals surface area contributed by atoms with Crippen LogP contribution in [0.15, 0.2) is 12.4 Å². The van der Waals surface area contributed by atoms with Crippen LogP contribution in [0.5, 0.6) is 0 Å². The van der Waals surface area contributed by atoms with Crippen LogP contribution < -0.4 is 5.32 Å². The van der Waals surface area contributed by atoms with E-state index < -0.39 is 0 Å². The fourth-order valence-corrected chi connectivity index (χ4v) is 1.62. The number of methoxy groups -OCH3 is 1. The summed E-state index contributed by atoms with van der Waals surface area (Å²) in [6, 6.07) is 0.406. The van der Waals surface area contributed by atoms with Gasteiger partial charge in [-0.3, -0.25) is 0 Å². The lowest BCUT2D eigenvalue weighted by atomic mass is 10.3. The zero-order valence-corrected chi connectivity index (χ0v) is 11.7. The van der Waals surface area contributed by atoms with Gasteiger partial charge in [0.2, 0.25) is 5.95 Å². The minimum absolute atomic E-state index is 0.406. The minimum atomic E-state index is 0.406. The summed E-state index contributed by atoms with van der Waals surface area (Å²) in [5, 5.41) is 3.33. The van der Waals surface area contributed by atoms with Crippen LogP contribution in [0.4, 0.5) is 5.95 Å². The fraction of sp³-hybridized carbons (Fsp3) is 0.769. The topological polar surface area (TPSA) is 48.3 Å². The fourth-order valence-electron chi connectivity index (χ4n) is 1.62. The quantitative estimate of drug-likeness (QED) is 0.651. The Bertz CT molecular complexity index is 313. The maximum Gasteiger partial charge on any atom is 0.202 e. The average Bonchev–Trinajstić information content (AvgIpc) is 2.75. The van der Waals surface area contributed by atoms with Crippen molar-refractivity contribution in [1.29, 1.82) is 0 Å². The van der Waals surface area contributed by atoms with E-state index in [2.05, 4.69) is 28.7 Å². The second-order valence-corrected chi connectivity index (χ2v) is 4.56. The van der Waals surface area contributed by atoms with Crippen molar-refractivity contribution in [2.24, 2.45) is 0 Å². The minimum Gasteiger partial charge on any atom is -0.382 e. The normalized spacial score (nSPS) is 11.1. The van der Waals surface area contributed by atoms with Gasteiger partial charge >= 0.3 is 0 Å². The molecule has 0 saturated carbocycles. The Morgan fingerprint density at radius 1 is 1.28 bits per heavy atom. The molecule has 0 amide bonds. The lowest BCUT2D eigenvalue weighted by Gasteiger charge is -2.12. The van der Waals surface area contributed by atoms with Gasteiger partial charge in [0.05, 0.1) is 13.2 Å². The van der Waals surface area contributed by atoms with Gasteiger partial charge < -0.3 is 19.4 Å². The number of nitrogens with zero attached hydrogens (tertiary/aromatic N) is 2. The predicted molar refractivity (Wildman–Crippen MR) is 72.9 cm³/mol. The second kappa shape index (κ2) is 8.94. The number of aromatic nitrogens is 2. The highest BCUT2D eigenvalue weighted by Crippen LogP contribution is 2.07. The van der Waals surface area contributed by atoms with Crippen LogP contribution in [-0.2, 0) is 16.0 Å². The Balaban J connectivity index is 2.13. The zero-order valence-electron chi connectivity index (χ0n) is 11.7. The molecule has 1 aromatic heterocycles. The molecule has 1 N–H and O–H groups in total. The van der Waals surface area contributed by atoms with E-state index in [0.717, 1.165) is 31.9 Å². The first-order valence-corrected chi connectivity index (χ1v) is 6.58. The molecule has 0 bridgehead atoms. The van der Waals surface area contributed by atoms with Gasteiger partial charge in [0.25, 0.3) is 0 Å². The summed E-state index contributed by atoms with van der Waals surface area (Å²) in [4.78, 5) is 4.30. The summed E-state index contributed by atoms with van der Waals surface area (Å²) >= 11 is 0. The summed E-state index contributed by atoms with van der Waals surface area (Å²) in [7, 11) is 1.69. The van der Waals surface area contributed by atoms with Crippen LogP contribution in [0.2, 0.25) is 0 Å². The first kappa shape index (κ1) is 15.0. The monoisotopic (exact) mass is 255 g/mol. The van der Waals surface area contributed by atoms with Gasteiger partial charge in [-0.05, 0) is 26.7 Å². The van der Waals surface area contributed by atoms with Gasteiger partial charge in [0.15, 0.2) is 0 Å². The van der Waals surface area contributed by atoms with E-state index >= 15 is 0 Å². The highest BCUT2D eigenvalue weighted by molar-refractivity contribution is 5.26. The highest BCUT2D eigenvalue weighted by Gasteiger charge is 2.03. The van der Waals surface area contributed by atoms with Crippen LogP contribution in [0, 0.1) is 0 Å². The van der Waals surface area contributed by atoms with E-state index in [1.54, 1.807) is 7.11 Å². The van der Waals surface area contributed by atoms with Crippen LogP contribution in [0.25, 0.3) is 0 Å². The molecule has 0 aliphatic rings. The third-order valence-corrected chi connectivity index (χ3v) is 2.50. The highest BCUT2D eigenvalue weighted by atomic mass is 16.5. The molecule has 0 spiro atoms. The first-order chi connectivity index (χ1) is 8.74. The average molecular weight is 255 g/mol. The molecule has 1 heterocycles. The van der Waals surface area contributed by atoms with Gasteiger partial charge in [0.1, 0.15) is 0 Å². The molecular formula is C13H25N3O2. The first-order valence-electron chi connectivity index (χ1n) is 6.58. The van der Waals surface area contributed by atoms with Crippen LogP contribution in [0.1, 0.15) is 26.7 Å². The number of aryl methyl sites for hydroxylation is 1. The van der Waals surface area contributed by atoms with E-state index in [1.807, 2.05) is 12.4 Å². The summed E-state index contributed by atoms with van der Waals surface area (Å²) in [6.45, 7) is 7.35. The van der Waals surface area contributed by atoms with Crippen LogP contribution in [-0.4, -0.2) is 42.5 Å². The molecule has 18 heavy (non-hydrogen) atoms. The molecule has 1 aromatic rings.